The molecule has 0 radical (unpaired) electrons. The van der Waals surface area contributed by atoms with Crippen LogP contribution in [0.15, 0.2) is 18.2 Å². The number of nitrogens with zero attached hydrogens (tertiary/aromatic N) is 2. The van der Waals surface area contributed by atoms with E-state index in [0.29, 0.717) is 0 Å². The van der Waals surface area contributed by atoms with Gasteiger partial charge in [0.25, 0.3) is 0 Å². The number of rotatable bonds is 6. The van der Waals surface area contributed by atoms with Gasteiger partial charge in [-0.1, -0.05) is 6.42 Å². The third-order valence-electron chi connectivity index (χ3n) is 2.96. The quantitative estimate of drug-likeness (QED) is 0.633. The van der Waals surface area contributed by atoms with E-state index in [1.807, 2.05) is 17.8 Å². The van der Waals surface area contributed by atoms with E-state index in [2.05, 4.69) is 33.0 Å². The predicted molar refractivity (Wildman–Crippen MR) is 80.2 cm³/mol. The highest BCUT2D eigenvalue weighted by Gasteiger charge is 2.08. The lowest BCUT2D eigenvalue weighted by molar-refractivity contribution is 0.547. The van der Waals surface area contributed by atoms with Gasteiger partial charge in [-0.3, -0.25) is 4.68 Å². The average molecular weight is 361 g/mol. The van der Waals surface area contributed by atoms with Gasteiger partial charge in [0, 0.05) is 11.9 Å². The highest BCUT2D eigenvalue weighted by Crippen LogP contribution is 2.21. The maximum absolute atomic E-state index is 13.2. The molecule has 0 spiro atoms. The number of unbranched alkanes of at least 4 members (excludes halogenated alkanes) is 2. The van der Waals surface area contributed by atoms with Crippen molar-refractivity contribution >= 4 is 33.5 Å². The first kappa shape index (κ1) is 13.7. The smallest absolute Gasteiger partial charge is 0.131 e. The minimum atomic E-state index is -0.200. The van der Waals surface area contributed by atoms with Crippen molar-refractivity contribution in [1.29, 1.82) is 0 Å². The molecule has 0 saturated heterocycles. The van der Waals surface area contributed by atoms with Crippen LogP contribution in [0.1, 0.15) is 19.3 Å². The summed E-state index contributed by atoms with van der Waals surface area (Å²) in [5.41, 5.74) is 1.02. The van der Waals surface area contributed by atoms with Crippen LogP contribution in [0.25, 0.3) is 10.9 Å². The SMILES string of the molecule is CNCCCCCn1nc(I)c2cc(F)ccc21. The number of benzene rings is 1. The van der Waals surface area contributed by atoms with Gasteiger partial charge in [-0.05, 0) is 67.2 Å². The summed E-state index contributed by atoms with van der Waals surface area (Å²) >= 11 is 2.16. The van der Waals surface area contributed by atoms with Gasteiger partial charge in [-0.2, -0.15) is 5.10 Å². The summed E-state index contributed by atoms with van der Waals surface area (Å²) in [6, 6.07) is 4.87. The Morgan fingerprint density at radius 2 is 2.17 bits per heavy atom. The molecule has 18 heavy (non-hydrogen) atoms. The van der Waals surface area contributed by atoms with Gasteiger partial charge in [0.1, 0.15) is 9.52 Å². The molecule has 0 saturated carbocycles. The number of nitrogens with one attached hydrogen (secondary N) is 1. The summed E-state index contributed by atoms with van der Waals surface area (Å²) in [5, 5.41) is 8.52. The van der Waals surface area contributed by atoms with Crippen LogP contribution in [0.5, 0.6) is 0 Å². The fourth-order valence-corrected chi connectivity index (χ4v) is 2.72. The van der Waals surface area contributed by atoms with Gasteiger partial charge in [-0.15, -0.1) is 0 Å². The normalized spacial score (nSPS) is 11.3. The molecule has 2 aromatic rings. The van der Waals surface area contributed by atoms with Crippen LogP contribution >= 0.6 is 22.6 Å². The Kier molecular flexibility index (Phi) is 4.94. The number of halogens is 2. The molecule has 5 heteroatoms. The Bertz CT molecular complexity index is 524. The molecule has 0 aliphatic carbocycles. The van der Waals surface area contributed by atoms with Gasteiger partial charge >= 0.3 is 0 Å². The monoisotopic (exact) mass is 361 g/mol. The van der Waals surface area contributed by atoms with Gasteiger partial charge in [0.2, 0.25) is 0 Å². The highest BCUT2D eigenvalue weighted by atomic mass is 127. The molecule has 0 aliphatic rings. The highest BCUT2D eigenvalue weighted by molar-refractivity contribution is 14.1. The van der Waals surface area contributed by atoms with E-state index in [9.17, 15) is 4.39 Å². The number of hydrogen-bond acceptors (Lipinski definition) is 2. The molecular weight excluding hydrogens is 344 g/mol. The molecule has 1 heterocycles. The topological polar surface area (TPSA) is 29.9 Å². The Morgan fingerprint density at radius 1 is 1.33 bits per heavy atom. The Morgan fingerprint density at radius 3 is 2.94 bits per heavy atom. The van der Waals surface area contributed by atoms with Crippen LogP contribution in [0.4, 0.5) is 4.39 Å². The molecule has 1 aromatic carbocycles. The van der Waals surface area contributed by atoms with Crippen molar-refractivity contribution in [2.24, 2.45) is 0 Å². The van der Waals surface area contributed by atoms with E-state index < -0.39 is 0 Å². The van der Waals surface area contributed by atoms with Gasteiger partial charge < -0.3 is 5.32 Å². The van der Waals surface area contributed by atoms with E-state index in [1.54, 1.807) is 6.07 Å². The number of fused-ring (bicyclic) bond motifs is 1. The minimum absolute atomic E-state index is 0.200. The van der Waals surface area contributed by atoms with Gasteiger partial charge in [0.15, 0.2) is 0 Å². The summed E-state index contributed by atoms with van der Waals surface area (Å²) in [7, 11) is 1.97. The van der Waals surface area contributed by atoms with Crippen molar-refractivity contribution in [3.8, 4) is 0 Å². The summed E-state index contributed by atoms with van der Waals surface area (Å²) in [5.74, 6) is -0.200. The lowest BCUT2D eigenvalue weighted by atomic mass is 10.2. The first-order valence-corrected chi connectivity index (χ1v) is 7.26. The zero-order valence-electron chi connectivity index (χ0n) is 10.4. The number of aryl methyl sites for hydroxylation is 1. The standard InChI is InChI=1S/C13H17FIN3/c1-16-7-3-2-4-8-18-12-6-5-10(14)9-11(12)13(15)17-18/h5-6,9,16H,2-4,7-8H2,1H3. The molecule has 0 amide bonds. The third-order valence-corrected chi connectivity index (χ3v) is 3.76. The molecule has 1 N–H and O–H groups in total. The fourth-order valence-electron chi connectivity index (χ4n) is 2.02. The lowest BCUT2D eigenvalue weighted by Gasteiger charge is -2.03. The molecule has 0 unspecified atom stereocenters. The van der Waals surface area contributed by atoms with Crippen molar-refractivity contribution in [3.63, 3.8) is 0 Å². The number of hydrogen-bond donors (Lipinski definition) is 1. The van der Waals surface area contributed by atoms with E-state index in [-0.39, 0.29) is 5.82 Å². The Labute approximate surface area is 120 Å². The largest absolute Gasteiger partial charge is 0.320 e. The van der Waals surface area contributed by atoms with Crippen LogP contribution in [0, 0.1) is 9.52 Å². The van der Waals surface area contributed by atoms with Crippen molar-refractivity contribution in [3.05, 3.63) is 27.7 Å². The summed E-state index contributed by atoms with van der Waals surface area (Å²) in [4.78, 5) is 0. The predicted octanol–water partition coefficient (Wildman–Crippen LogP) is 3.17. The Hall–Kier alpha value is -0.690. The van der Waals surface area contributed by atoms with Crippen molar-refractivity contribution in [2.45, 2.75) is 25.8 Å². The van der Waals surface area contributed by atoms with E-state index in [4.69, 9.17) is 0 Å². The summed E-state index contributed by atoms with van der Waals surface area (Å²) < 4.78 is 16.0. The lowest BCUT2D eigenvalue weighted by Crippen LogP contribution is -2.08. The second kappa shape index (κ2) is 6.47. The molecule has 3 nitrogen and oxygen atoms in total. The molecule has 1 aromatic heterocycles. The van der Waals surface area contributed by atoms with E-state index in [1.165, 1.54) is 18.9 Å². The molecule has 2 rings (SSSR count). The maximum atomic E-state index is 13.2. The second-order valence-electron chi connectivity index (χ2n) is 4.34. The van der Waals surface area contributed by atoms with Crippen molar-refractivity contribution in [2.75, 3.05) is 13.6 Å². The molecule has 0 atom stereocenters. The summed E-state index contributed by atoms with van der Waals surface area (Å²) in [6.07, 6.45) is 3.47. The molecule has 0 aliphatic heterocycles. The first-order valence-electron chi connectivity index (χ1n) is 6.18. The van der Waals surface area contributed by atoms with Gasteiger partial charge in [-0.25, -0.2) is 4.39 Å². The van der Waals surface area contributed by atoms with Crippen molar-refractivity contribution in [1.82, 2.24) is 15.1 Å². The van der Waals surface area contributed by atoms with Crippen LogP contribution in [0.2, 0.25) is 0 Å². The Balaban J connectivity index is 2.05. The van der Waals surface area contributed by atoms with Crippen LogP contribution in [0.3, 0.4) is 0 Å². The van der Waals surface area contributed by atoms with Crippen LogP contribution < -0.4 is 5.32 Å². The minimum Gasteiger partial charge on any atom is -0.320 e. The van der Waals surface area contributed by atoms with Gasteiger partial charge in [0.05, 0.1) is 5.52 Å². The zero-order chi connectivity index (χ0) is 13.0. The first-order chi connectivity index (χ1) is 8.72. The molecule has 98 valence electrons. The zero-order valence-corrected chi connectivity index (χ0v) is 12.6. The fraction of sp³-hybridized carbons (Fsp3) is 0.462. The number of aromatic nitrogens is 2. The van der Waals surface area contributed by atoms with Crippen LogP contribution in [-0.2, 0) is 6.54 Å². The summed E-state index contributed by atoms with van der Waals surface area (Å²) in [6.45, 7) is 1.96. The maximum Gasteiger partial charge on any atom is 0.131 e. The molecular formula is C13H17FIN3. The van der Waals surface area contributed by atoms with E-state index in [0.717, 1.165) is 34.1 Å². The molecule has 0 fully saturated rings. The second-order valence-corrected chi connectivity index (χ2v) is 5.36. The third kappa shape index (κ3) is 3.20. The molecule has 0 bridgehead atoms. The average Bonchev–Trinajstić information content (AvgIpc) is 2.66. The van der Waals surface area contributed by atoms with Crippen molar-refractivity contribution < 1.29 is 4.39 Å². The van der Waals surface area contributed by atoms with Crippen LogP contribution in [-0.4, -0.2) is 23.4 Å². The van der Waals surface area contributed by atoms with E-state index >= 15 is 0 Å².